The normalized spacial score (nSPS) is 13.3. The number of methoxy groups -OCH3 is 1. The molecule has 0 atom stereocenters. The van der Waals surface area contributed by atoms with Gasteiger partial charge in [-0.25, -0.2) is 9.59 Å². The van der Waals surface area contributed by atoms with Crippen LogP contribution in [0.15, 0.2) is 48.5 Å². The fourth-order valence-electron chi connectivity index (χ4n) is 3.33. The van der Waals surface area contributed by atoms with Crippen molar-refractivity contribution < 1.29 is 14.3 Å². The summed E-state index contributed by atoms with van der Waals surface area (Å²) >= 11 is 0. The van der Waals surface area contributed by atoms with Crippen molar-refractivity contribution in [2.75, 3.05) is 37.5 Å². The zero-order valence-corrected chi connectivity index (χ0v) is 15.8. The molecule has 1 saturated heterocycles. The number of rotatable bonds is 5. The molecule has 1 fully saturated rings. The highest BCUT2D eigenvalue weighted by Crippen LogP contribution is 2.25. The molecule has 0 radical (unpaired) electrons. The molecule has 0 bridgehead atoms. The summed E-state index contributed by atoms with van der Waals surface area (Å²) in [7, 11) is 3.07. The first-order chi connectivity index (χ1) is 13.1. The average molecular weight is 367 g/mol. The molecule has 1 aliphatic rings. The van der Waals surface area contributed by atoms with Gasteiger partial charge in [0.15, 0.2) is 0 Å². The largest absolute Gasteiger partial charge is 0.465 e. The second kappa shape index (κ2) is 8.58. The lowest BCUT2D eigenvalue weighted by Gasteiger charge is -2.25. The maximum atomic E-state index is 12.7. The first-order valence-electron chi connectivity index (χ1n) is 9.12. The van der Waals surface area contributed by atoms with Gasteiger partial charge in [0.25, 0.3) is 0 Å². The third-order valence-electron chi connectivity index (χ3n) is 4.77. The van der Waals surface area contributed by atoms with Gasteiger partial charge >= 0.3 is 12.0 Å². The number of amides is 2. The Balaban J connectivity index is 1.72. The van der Waals surface area contributed by atoms with Gasteiger partial charge in [-0.05, 0) is 36.6 Å². The molecule has 2 aromatic rings. The third-order valence-corrected chi connectivity index (χ3v) is 4.77. The molecule has 0 spiro atoms. The van der Waals surface area contributed by atoms with Crippen molar-refractivity contribution in [2.24, 2.45) is 0 Å². The van der Waals surface area contributed by atoms with Crippen LogP contribution < -0.4 is 10.2 Å². The van der Waals surface area contributed by atoms with Gasteiger partial charge in [0, 0.05) is 32.4 Å². The molecule has 0 saturated carbocycles. The monoisotopic (exact) mass is 367 g/mol. The SMILES string of the molecule is COC(=O)c1ccccc1NC(=O)N(C)Cc1ccccc1N1CCCC1. The topological polar surface area (TPSA) is 61.9 Å². The Bertz CT molecular complexity index is 816. The fourth-order valence-corrected chi connectivity index (χ4v) is 3.33. The molecule has 1 aliphatic heterocycles. The van der Waals surface area contributed by atoms with Crippen LogP contribution in [0.4, 0.5) is 16.2 Å². The molecule has 0 unspecified atom stereocenters. The van der Waals surface area contributed by atoms with Crippen LogP contribution >= 0.6 is 0 Å². The van der Waals surface area contributed by atoms with Gasteiger partial charge in [-0.1, -0.05) is 30.3 Å². The molecule has 2 aromatic carbocycles. The number of carbonyl (C=O) groups excluding carboxylic acids is 2. The Hall–Kier alpha value is -3.02. The number of esters is 1. The Morgan fingerprint density at radius 1 is 1.07 bits per heavy atom. The molecule has 0 aliphatic carbocycles. The van der Waals surface area contributed by atoms with Crippen LogP contribution in [0.5, 0.6) is 0 Å². The van der Waals surface area contributed by atoms with Crippen LogP contribution in [0, 0.1) is 0 Å². The van der Waals surface area contributed by atoms with Gasteiger partial charge in [0.05, 0.1) is 18.4 Å². The second-order valence-corrected chi connectivity index (χ2v) is 6.65. The van der Waals surface area contributed by atoms with Crippen LogP contribution in [0.1, 0.15) is 28.8 Å². The van der Waals surface area contributed by atoms with E-state index in [0.29, 0.717) is 17.8 Å². The maximum absolute atomic E-state index is 12.7. The summed E-state index contributed by atoms with van der Waals surface area (Å²) in [5.41, 5.74) is 3.07. The van der Waals surface area contributed by atoms with Gasteiger partial charge < -0.3 is 19.9 Å². The van der Waals surface area contributed by atoms with E-state index in [1.807, 2.05) is 12.1 Å². The van der Waals surface area contributed by atoms with Crippen molar-refractivity contribution in [1.82, 2.24) is 4.90 Å². The fraction of sp³-hybridized carbons (Fsp3) is 0.333. The Labute approximate surface area is 159 Å². The quantitative estimate of drug-likeness (QED) is 0.818. The minimum Gasteiger partial charge on any atom is -0.465 e. The summed E-state index contributed by atoms with van der Waals surface area (Å²) in [5, 5.41) is 2.81. The first kappa shape index (κ1) is 18.8. The highest BCUT2D eigenvalue weighted by molar-refractivity contribution is 6.00. The lowest BCUT2D eigenvalue weighted by Crippen LogP contribution is -2.32. The standard InChI is InChI=1S/C21H25N3O3/c1-23(15-16-9-3-6-12-19(16)24-13-7-8-14-24)21(26)22-18-11-5-4-10-17(18)20(25)27-2/h3-6,9-12H,7-8,13-15H2,1-2H3,(H,22,26). The van der Waals surface area contributed by atoms with E-state index in [1.54, 1.807) is 36.2 Å². The number of anilines is 2. The third kappa shape index (κ3) is 4.39. The van der Waals surface area contributed by atoms with Crippen LogP contribution in [-0.4, -0.2) is 44.1 Å². The molecular formula is C21H25N3O3. The van der Waals surface area contributed by atoms with E-state index in [1.165, 1.54) is 25.6 Å². The number of nitrogens with one attached hydrogen (secondary N) is 1. The second-order valence-electron chi connectivity index (χ2n) is 6.65. The summed E-state index contributed by atoms with van der Waals surface area (Å²) in [5.74, 6) is -0.479. The predicted octanol–water partition coefficient (Wildman–Crippen LogP) is 3.74. The van der Waals surface area contributed by atoms with Gasteiger partial charge in [0.2, 0.25) is 0 Å². The number of urea groups is 1. The molecule has 6 heteroatoms. The molecule has 142 valence electrons. The Kier molecular flexibility index (Phi) is 5.96. The molecule has 1 heterocycles. The Morgan fingerprint density at radius 3 is 2.48 bits per heavy atom. The van der Waals surface area contributed by atoms with E-state index >= 15 is 0 Å². The van der Waals surface area contributed by atoms with Crippen molar-refractivity contribution in [3.05, 3.63) is 59.7 Å². The minimum absolute atomic E-state index is 0.275. The van der Waals surface area contributed by atoms with Gasteiger partial charge in [-0.15, -0.1) is 0 Å². The number of nitrogens with zero attached hydrogens (tertiary/aromatic N) is 2. The van der Waals surface area contributed by atoms with Gasteiger partial charge in [-0.3, -0.25) is 0 Å². The molecule has 27 heavy (non-hydrogen) atoms. The first-order valence-corrected chi connectivity index (χ1v) is 9.12. The van der Waals surface area contributed by atoms with Crippen molar-refractivity contribution in [3.63, 3.8) is 0 Å². The van der Waals surface area contributed by atoms with E-state index in [-0.39, 0.29) is 6.03 Å². The highest BCUT2D eigenvalue weighted by Gasteiger charge is 2.19. The molecule has 1 N–H and O–H groups in total. The minimum atomic E-state index is -0.479. The summed E-state index contributed by atoms with van der Waals surface area (Å²) in [6.07, 6.45) is 2.41. The summed E-state index contributed by atoms with van der Waals surface area (Å²) in [6.45, 7) is 2.59. The van der Waals surface area contributed by atoms with E-state index < -0.39 is 5.97 Å². The number of hydrogen-bond acceptors (Lipinski definition) is 4. The van der Waals surface area contributed by atoms with Crippen molar-refractivity contribution in [3.8, 4) is 0 Å². The number of ether oxygens (including phenoxy) is 1. The van der Waals surface area contributed by atoms with Crippen molar-refractivity contribution in [1.29, 1.82) is 0 Å². The van der Waals surface area contributed by atoms with Crippen LogP contribution in [-0.2, 0) is 11.3 Å². The van der Waals surface area contributed by atoms with E-state index in [2.05, 4.69) is 22.3 Å². The lowest BCUT2D eigenvalue weighted by molar-refractivity contribution is 0.0602. The van der Waals surface area contributed by atoms with Gasteiger partial charge in [0.1, 0.15) is 0 Å². The number of carbonyl (C=O) groups is 2. The summed E-state index contributed by atoms with van der Waals surface area (Å²) in [6, 6.07) is 14.7. The van der Waals surface area contributed by atoms with Crippen molar-refractivity contribution in [2.45, 2.75) is 19.4 Å². The van der Waals surface area contributed by atoms with Crippen LogP contribution in [0.3, 0.4) is 0 Å². The van der Waals surface area contributed by atoms with Gasteiger partial charge in [-0.2, -0.15) is 0 Å². The molecule has 3 rings (SSSR count). The molecule has 0 aromatic heterocycles. The van der Waals surface area contributed by atoms with Crippen molar-refractivity contribution >= 4 is 23.4 Å². The predicted molar refractivity (Wildman–Crippen MR) is 106 cm³/mol. The smallest absolute Gasteiger partial charge is 0.339 e. The molecule has 6 nitrogen and oxygen atoms in total. The van der Waals surface area contributed by atoms with Crippen LogP contribution in [0.2, 0.25) is 0 Å². The van der Waals surface area contributed by atoms with E-state index in [0.717, 1.165) is 18.7 Å². The van der Waals surface area contributed by atoms with E-state index in [4.69, 9.17) is 4.74 Å². The molecular weight excluding hydrogens is 342 g/mol. The lowest BCUT2D eigenvalue weighted by atomic mass is 10.1. The van der Waals surface area contributed by atoms with E-state index in [9.17, 15) is 9.59 Å². The van der Waals surface area contributed by atoms with Crippen LogP contribution in [0.25, 0.3) is 0 Å². The summed E-state index contributed by atoms with van der Waals surface area (Å²) in [4.78, 5) is 28.5. The zero-order chi connectivity index (χ0) is 19.2. The highest BCUT2D eigenvalue weighted by atomic mass is 16.5. The maximum Gasteiger partial charge on any atom is 0.339 e. The zero-order valence-electron chi connectivity index (χ0n) is 15.8. The number of hydrogen-bond donors (Lipinski definition) is 1. The number of benzene rings is 2. The summed E-state index contributed by atoms with van der Waals surface area (Å²) < 4.78 is 4.78. The molecule has 2 amide bonds. The average Bonchev–Trinajstić information content (AvgIpc) is 3.22. The number of para-hydroxylation sites is 2. The Morgan fingerprint density at radius 2 is 1.74 bits per heavy atom.